The molecular weight excluding hydrogens is 369 g/mol. The molecule has 0 radical (unpaired) electrons. The summed E-state index contributed by atoms with van der Waals surface area (Å²) in [5.41, 5.74) is 1.68. The first-order valence-corrected chi connectivity index (χ1v) is 8.85. The van der Waals surface area contributed by atoms with Crippen LogP contribution in [0, 0.1) is 0 Å². The highest BCUT2D eigenvalue weighted by Gasteiger charge is 2.13. The molecule has 0 spiro atoms. The van der Waals surface area contributed by atoms with Crippen LogP contribution in [0.3, 0.4) is 0 Å². The highest BCUT2D eigenvalue weighted by Crippen LogP contribution is 2.35. The van der Waals surface area contributed by atoms with Crippen molar-refractivity contribution in [1.82, 2.24) is 0 Å². The van der Waals surface area contributed by atoms with Crippen molar-refractivity contribution in [1.29, 1.82) is 0 Å². The van der Waals surface area contributed by atoms with Crippen LogP contribution in [0.15, 0.2) is 30.3 Å². The van der Waals surface area contributed by atoms with E-state index in [1.165, 1.54) is 0 Å². The fourth-order valence-electron chi connectivity index (χ4n) is 2.15. The first kappa shape index (κ1) is 19.0. The van der Waals surface area contributed by atoms with Gasteiger partial charge in [-0.05, 0) is 50.6 Å². The Labute approximate surface area is 157 Å². The molecule has 0 aromatic heterocycles. The van der Waals surface area contributed by atoms with Crippen LogP contribution in [-0.4, -0.2) is 12.7 Å². The number of halogens is 3. The lowest BCUT2D eigenvalue weighted by molar-refractivity contribution is 0.224. The molecular formula is C18H20Cl3NO2. The molecule has 0 fully saturated rings. The number of nitrogens with one attached hydrogen (secondary N) is 1. The van der Waals surface area contributed by atoms with E-state index in [9.17, 15) is 0 Å². The summed E-state index contributed by atoms with van der Waals surface area (Å²) in [5, 5.41) is 5.01. The Hall–Kier alpha value is -1.29. The largest absolute Gasteiger partial charge is 0.490 e. The van der Waals surface area contributed by atoms with E-state index in [1.54, 1.807) is 18.2 Å². The van der Waals surface area contributed by atoms with Crippen molar-refractivity contribution in [3.8, 4) is 11.5 Å². The van der Waals surface area contributed by atoms with Gasteiger partial charge in [0.05, 0.1) is 23.4 Å². The standard InChI is InChI=1S/C18H20Cl3NO2/c1-4-23-17-7-12(14(20)9-18(17)24-11(2)3)10-22-16-6-5-13(19)8-15(16)21/h5-9,11,22H,4,10H2,1-3H3. The van der Waals surface area contributed by atoms with Gasteiger partial charge in [-0.25, -0.2) is 0 Å². The zero-order valence-corrected chi connectivity index (χ0v) is 16.1. The maximum absolute atomic E-state index is 6.39. The molecule has 3 nitrogen and oxygen atoms in total. The summed E-state index contributed by atoms with van der Waals surface area (Å²) in [6, 6.07) is 8.98. The second-order valence-corrected chi connectivity index (χ2v) is 6.72. The fourth-order valence-corrected chi connectivity index (χ4v) is 2.85. The summed E-state index contributed by atoms with van der Waals surface area (Å²) in [6.45, 7) is 6.90. The van der Waals surface area contributed by atoms with E-state index in [-0.39, 0.29) is 6.10 Å². The molecule has 2 rings (SSSR count). The van der Waals surface area contributed by atoms with Crippen LogP contribution in [-0.2, 0) is 6.54 Å². The van der Waals surface area contributed by atoms with Gasteiger partial charge in [-0.2, -0.15) is 0 Å². The molecule has 0 unspecified atom stereocenters. The Morgan fingerprint density at radius 1 is 1.00 bits per heavy atom. The minimum absolute atomic E-state index is 0.0390. The third-order valence-electron chi connectivity index (χ3n) is 3.18. The average Bonchev–Trinajstić information content (AvgIpc) is 2.49. The van der Waals surface area contributed by atoms with Crippen molar-refractivity contribution in [3.05, 3.63) is 51.0 Å². The molecule has 0 saturated carbocycles. The van der Waals surface area contributed by atoms with E-state index < -0.39 is 0 Å². The summed E-state index contributed by atoms with van der Waals surface area (Å²) in [6.07, 6.45) is 0.0390. The van der Waals surface area contributed by atoms with E-state index in [1.807, 2.05) is 32.9 Å². The third kappa shape index (κ3) is 5.10. The van der Waals surface area contributed by atoms with Crippen LogP contribution in [0.5, 0.6) is 11.5 Å². The van der Waals surface area contributed by atoms with E-state index in [0.29, 0.717) is 39.7 Å². The zero-order chi connectivity index (χ0) is 17.7. The number of hydrogen-bond donors (Lipinski definition) is 1. The van der Waals surface area contributed by atoms with Crippen LogP contribution < -0.4 is 14.8 Å². The molecule has 0 aliphatic heterocycles. The van der Waals surface area contributed by atoms with E-state index in [0.717, 1.165) is 11.3 Å². The third-order valence-corrected chi connectivity index (χ3v) is 4.08. The summed E-state index contributed by atoms with van der Waals surface area (Å²) in [5.74, 6) is 1.32. The Balaban J connectivity index is 2.21. The molecule has 0 bridgehead atoms. The molecule has 6 heteroatoms. The molecule has 2 aromatic rings. The minimum Gasteiger partial charge on any atom is -0.490 e. The summed E-state index contributed by atoms with van der Waals surface area (Å²) >= 11 is 18.5. The van der Waals surface area contributed by atoms with Gasteiger partial charge in [0.1, 0.15) is 0 Å². The average molecular weight is 389 g/mol. The maximum Gasteiger partial charge on any atom is 0.163 e. The molecule has 2 aromatic carbocycles. The second-order valence-electron chi connectivity index (χ2n) is 5.47. The van der Waals surface area contributed by atoms with Crippen molar-refractivity contribution in [2.24, 2.45) is 0 Å². The summed E-state index contributed by atoms with van der Waals surface area (Å²) < 4.78 is 11.4. The quantitative estimate of drug-likeness (QED) is 0.591. The molecule has 24 heavy (non-hydrogen) atoms. The fraction of sp³-hybridized carbons (Fsp3) is 0.333. The predicted molar refractivity (Wildman–Crippen MR) is 102 cm³/mol. The van der Waals surface area contributed by atoms with Crippen LogP contribution in [0.2, 0.25) is 15.1 Å². The second kappa shape index (κ2) is 8.70. The van der Waals surface area contributed by atoms with E-state index in [2.05, 4.69) is 5.32 Å². The van der Waals surface area contributed by atoms with Gasteiger partial charge in [0.25, 0.3) is 0 Å². The monoisotopic (exact) mass is 387 g/mol. The Morgan fingerprint density at radius 3 is 2.38 bits per heavy atom. The first-order chi connectivity index (χ1) is 11.4. The highest BCUT2D eigenvalue weighted by molar-refractivity contribution is 6.36. The van der Waals surface area contributed by atoms with Gasteiger partial charge in [0, 0.05) is 22.7 Å². The molecule has 0 aliphatic rings. The van der Waals surface area contributed by atoms with Gasteiger partial charge in [-0.3, -0.25) is 0 Å². The topological polar surface area (TPSA) is 30.5 Å². The number of rotatable bonds is 7. The van der Waals surface area contributed by atoms with Gasteiger partial charge in [0.2, 0.25) is 0 Å². The molecule has 0 atom stereocenters. The lowest BCUT2D eigenvalue weighted by Gasteiger charge is -2.17. The Kier molecular flexibility index (Phi) is 6.90. The molecule has 130 valence electrons. The molecule has 0 heterocycles. The van der Waals surface area contributed by atoms with Crippen molar-refractivity contribution < 1.29 is 9.47 Å². The van der Waals surface area contributed by atoms with Crippen LogP contribution in [0.4, 0.5) is 5.69 Å². The van der Waals surface area contributed by atoms with Crippen LogP contribution in [0.1, 0.15) is 26.3 Å². The van der Waals surface area contributed by atoms with Gasteiger partial charge in [0.15, 0.2) is 11.5 Å². The zero-order valence-electron chi connectivity index (χ0n) is 13.8. The van der Waals surface area contributed by atoms with Crippen molar-refractivity contribution in [3.63, 3.8) is 0 Å². The normalized spacial score (nSPS) is 10.8. The SMILES string of the molecule is CCOc1cc(CNc2ccc(Cl)cc2Cl)c(Cl)cc1OC(C)C. The minimum atomic E-state index is 0.0390. The maximum atomic E-state index is 6.39. The van der Waals surface area contributed by atoms with Gasteiger partial charge in [-0.15, -0.1) is 0 Å². The lowest BCUT2D eigenvalue weighted by Crippen LogP contribution is -2.08. The van der Waals surface area contributed by atoms with Crippen molar-refractivity contribution in [2.75, 3.05) is 11.9 Å². The number of ether oxygens (including phenoxy) is 2. The number of hydrogen-bond acceptors (Lipinski definition) is 3. The van der Waals surface area contributed by atoms with Gasteiger partial charge < -0.3 is 14.8 Å². The Bertz CT molecular complexity index is 705. The predicted octanol–water partition coefficient (Wildman–Crippen LogP) is 6.44. The Morgan fingerprint density at radius 2 is 1.75 bits per heavy atom. The van der Waals surface area contributed by atoms with Gasteiger partial charge in [-0.1, -0.05) is 34.8 Å². The lowest BCUT2D eigenvalue weighted by atomic mass is 10.2. The summed E-state index contributed by atoms with van der Waals surface area (Å²) in [7, 11) is 0. The van der Waals surface area contributed by atoms with Crippen molar-refractivity contribution in [2.45, 2.75) is 33.4 Å². The number of benzene rings is 2. The van der Waals surface area contributed by atoms with E-state index >= 15 is 0 Å². The van der Waals surface area contributed by atoms with Gasteiger partial charge >= 0.3 is 0 Å². The molecule has 1 N–H and O–H groups in total. The number of anilines is 1. The highest BCUT2D eigenvalue weighted by atomic mass is 35.5. The smallest absolute Gasteiger partial charge is 0.163 e. The van der Waals surface area contributed by atoms with E-state index in [4.69, 9.17) is 44.3 Å². The molecule has 0 amide bonds. The molecule has 0 saturated heterocycles. The molecule has 0 aliphatic carbocycles. The summed E-state index contributed by atoms with van der Waals surface area (Å²) in [4.78, 5) is 0. The van der Waals surface area contributed by atoms with Crippen molar-refractivity contribution >= 4 is 40.5 Å². The van der Waals surface area contributed by atoms with Crippen LogP contribution >= 0.6 is 34.8 Å². The van der Waals surface area contributed by atoms with Crippen LogP contribution in [0.25, 0.3) is 0 Å². The first-order valence-electron chi connectivity index (χ1n) is 7.71.